The minimum Gasteiger partial charge on any atom is -0.480 e. The number of hydrogen-bond acceptors (Lipinski definition) is 4. The summed E-state index contributed by atoms with van der Waals surface area (Å²) in [5.41, 5.74) is 0. The Bertz CT molecular complexity index is 1060. The van der Waals surface area contributed by atoms with Gasteiger partial charge in [-0.1, -0.05) is 197 Å². The van der Waals surface area contributed by atoms with Crippen LogP contribution in [-0.4, -0.2) is 35.6 Å². The molecule has 0 fully saturated rings. The quantitative estimate of drug-likeness (QED) is 0.0364. The zero-order valence-electron chi connectivity index (χ0n) is 37.2. The maximum atomic E-state index is 12.8. The lowest BCUT2D eigenvalue weighted by molar-refractivity contribution is -0.150. The molecule has 1 amide bonds. The van der Waals surface area contributed by atoms with E-state index in [0.29, 0.717) is 12.8 Å². The lowest BCUT2D eigenvalue weighted by Gasteiger charge is -2.18. The summed E-state index contributed by atoms with van der Waals surface area (Å²) in [7, 11) is 0. The molecule has 0 aromatic rings. The largest absolute Gasteiger partial charge is 0.480 e. The van der Waals surface area contributed by atoms with E-state index in [9.17, 15) is 14.4 Å². The predicted molar refractivity (Wildman–Crippen MR) is 245 cm³/mol. The van der Waals surface area contributed by atoms with Crippen molar-refractivity contribution in [1.82, 2.24) is 5.32 Å². The smallest absolute Gasteiger partial charge is 0.322 e. The molecular formula is C51H89NO5. The van der Waals surface area contributed by atoms with E-state index in [4.69, 9.17) is 9.84 Å². The number of esters is 1. The normalized spacial score (nSPS) is 12.6. The second kappa shape index (κ2) is 45.8. The highest BCUT2D eigenvalue weighted by atomic mass is 16.5. The number of amides is 1. The predicted octanol–water partition coefficient (Wildman–Crippen LogP) is 15.2. The highest BCUT2D eigenvalue weighted by Crippen LogP contribution is 2.19. The lowest BCUT2D eigenvalue weighted by atomic mass is 10.0. The fourth-order valence-electron chi connectivity index (χ4n) is 6.95. The number of carbonyl (C=O) groups is 3. The van der Waals surface area contributed by atoms with E-state index in [2.05, 4.69) is 79.9 Å². The third-order valence-corrected chi connectivity index (χ3v) is 10.5. The molecule has 0 aromatic carbocycles. The van der Waals surface area contributed by atoms with Crippen LogP contribution in [0.25, 0.3) is 0 Å². The topological polar surface area (TPSA) is 92.7 Å². The molecule has 6 heteroatoms. The van der Waals surface area contributed by atoms with Crippen molar-refractivity contribution in [3.63, 3.8) is 0 Å². The van der Waals surface area contributed by atoms with Crippen LogP contribution in [0.15, 0.2) is 60.8 Å². The highest BCUT2D eigenvalue weighted by Gasteiger charge is 2.14. The van der Waals surface area contributed by atoms with Crippen molar-refractivity contribution in [3.05, 3.63) is 60.8 Å². The molecule has 57 heavy (non-hydrogen) atoms. The standard InChI is InChI=1S/C51H89NO5/c1-3-5-7-9-11-13-15-17-18-19-20-21-22-23-24-25-26-27-29-31-33-38-42-46-51(56)57-48(43-39-35-32-30-28-16-14-12-10-8-6-4-2)44-40-36-34-37-41-45-49(53)52-47-50(54)55/h5,7,11,13,17-18,20-21,23-24,48H,3-4,6,8-10,12,14-16,19,22,25-47H2,1-2H3,(H,52,53)(H,54,55)/b7-5-,13-11-,18-17-,21-20-,24-23-. The summed E-state index contributed by atoms with van der Waals surface area (Å²) < 4.78 is 6.05. The maximum Gasteiger partial charge on any atom is 0.322 e. The molecule has 0 aliphatic heterocycles. The van der Waals surface area contributed by atoms with Crippen LogP contribution >= 0.6 is 0 Å². The molecule has 0 saturated carbocycles. The Hall–Kier alpha value is -2.89. The van der Waals surface area contributed by atoms with E-state index >= 15 is 0 Å². The summed E-state index contributed by atoms with van der Waals surface area (Å²) in [6.07, 6.45) is 60.7. The summed E-state index contributed by atoms with van der Waals surface area (Å²) in [6, 6.07) is 0. The molecule has 2 N–H and O–H groups in total. The van der Waals surface area contributed by atoms with Gasteiger partial charge in [0, 0.05) is 12.8 Å². The summed E-state index contributed by atoms with van der Waals surface area (Å²) >= 11 is 0. The van der Waals surface area contributed by atoms with E-state index in [1.165, 1.54) is 103 Å². The van der Waals surface area contributed by atoms with Gasteiger partial charge in [-0.15, -0.1) is 0 Å². The summed E-state index contributed by atoms with van der Waals surface area (Å²) in [6.45, 7) is 4.12. The Labute approximate surface area is 351 Å². The van der Waals surface area contributed by atoms with Gasteiger partial charge in [-0.25, -0.2) is 0 Å². The number of allylic oxidation sites excluding steroid dienone is 10. The Kier molecular flexibility index (Phi) is 43.5. The number of rotatable bonds is 43. The molecule has 0 rings (SSSR count). The minimum absolute atomic E-state index is 0.0189. The number of ether oxygens (including phenoxy) is 1. The van der Waals surface area contributed by atoms with Crippen molar-refractivity contribution in [2.75, 3.05) is 6.54 Å². The van der Waals surface area contributed by atoms with E-state index in [1.807, 2.05) is 0 Å². The molecular weight excluding hydrogens is 707 g/mol. The fraction of sp³-hybridized carbons (Fsp3) is 0.745. The van der Waals surface area contributed by atoms with Gasteiger partial charge in [0.25, 0.3) is 0 Å². The number of unbranched alkanes of at least 4 members (excludes halogenated alkanes) is 22. The summed E-state index contributed by atoms with van der Waals surface area (Å²) in [5, 5.41) is 11.1. The van der Waals surface area contributed by atoms with Crippen molar-refractivity contribution < 1.29 is 24.2 Å². The maximum absolute atomic E-state index is 12.8. The second-order valence-electron chi connectivity index (χ2n) is 16.0. The van der Waals surface area contributed by atoms with Gasteiger partial charge < -0.3 is 15.2 Å². The van der Waals surface area contributed by atoms with Crippen molar-refractivity contribution in [2.24, 2.45) is 0 Å². The molecule has 328 valence electrons. The highest BCUT2D eigenvalue weighted by molar-refractivity contribution is 5.80. The number of carboxylic acids is 1. The summed E-state index contributed by atoms with van der Waals surface area (Å²) in [5.74, 6) is -1.24. The Morgan fingerprint density at radius 3 is 1.32 bits per heavy atom. The molecule has 1 atom stereocenters. The Morgan fingerprint density at radius 2 is 0.860 bits per heavy atom. The Morgan fingerprint density at radius 1 is 0.474 bits per heavy atom. The SMILES string of the molecule is CC/C=C\C/C=C\C/C=C\C/C=C\C/C=C\CCCCCCCCCC(=O)OC(CCCCCCCCCCCCCC)CCCCCCCC(=O)NCC(=O)O. The molecule has 0 aliphatic rings. The average molecular weight is 796 g/mol. The molecule has 1 unspecified atom stereocenters. The first-order chi connectivity index (χ1) is 28.0. The first-order valence-electron chi connectivity index (χ1n) is 23.9. The van der Waals surface area contributed by atoms with Crippen LogP contribution in [0.4, 0.5) is 0 Å². The van der Waals surface area contributed by atoms with E-state index in [1.54, 1.807) is 0 Å². The van der Waals surface area contributed by atoms with E-state index < -0.39 is 5.97 Å². The zero-order valence-corrected chi connectivity index (χ0v) is 37.2. The van der Waals surface area contributed by atoms with Gasteiger partial charge in [-0.3, -0.25) is 14.4 Å². The van der Waals surface area contributed by atoms with Gasteiger partial charge in [0.1, 0.15) is 12.6 Å². The third kappa shape index (κ3) is 45.7. The van der Waals surface area contributed by atoms with Gasteiger partial charge in [0.15, 0.2) is 0 Å². The first-order valence-corrected chi connectivity index (χ1v) is 23.9. The average Bonchev–Trinajstić information content (AvgIpc) is 3.20. The molecule has 0 heterocycles. The van der Waals surface area contributed by atoms with Gasteiger partial charge in [0.05, 0.1) is 0 Å². The molecule has 0 spiro atoms. The molecule has 0 aliphatic carbocycles. The summed E-state index contributed by atoms with van der Waals surface area (Å²) in [4.78, 5) is 35.1. The number of hydrogen-bond donors (Lipinski definition) is 2. The van der Waals surface area contributed by atoms with Crippen molar-refractivity contribution in [2.45, 2.75) is 238 Å². The molecule has 0 aromatic heterocycles. The number of carbonyl (C=O) groups excluding carboxylic acids is 2. The van der Waals surface area contributed by atoms with Crippen LogP contribution in [0.5, 0.6) is 0 Å². The van der Waals surface area contributed by atoms with E-state index in [-0.39, 0.29) is 24.5 Å². The number of aliphatic carboxylic acids is 1. The van der Waals surface area contributed by atoms with Crippen molar-refractivity contribution >= 4 is 17.8 Å². The van der Waals surface area contributed by atoms with Gasteiger partial charge >= 0.3 is 11.9 Å². The van der Waals surface area contributed by atoms with Gasteiger partial charge in [-0.2, -0.15) is 0 Å². The monoisotopic (exact) mass is 796 g/mol. The molecule has 6 nitrogen and oxygen atoms in total. The van der Waals surface area contributed by atoms with Crippen LogP contribution in [0, 0.1) is 0 Å². The van der Waals surface area contributed by atoms with Crippen LogP contribution < -0.4 is 5.32 Å². The molecule has 0 saturated heterocycles. The number of nitrogens with one attached hydrogen (secondary N) is 1. The zero-order chi connectivity index (χ0) is 41.5. The van der Waals surface area contributed by atoms with Crippen LogP contribution in [0.3, 0.4) is 0 Å². The van der Waals surface area contributed by atoms with Crippen molar-refractivity contribution in [3.8, 4) is 0 Å². The molecule has 0 bridgehead atoms. The number of carboxylic acid groups (broad SMARTS) is 1. The minimum atomic E-state index is -1.02. The van der Waals surface area contributed by atoms with Gasteiger partial charge in [-0.05, 0) is 83.5 Å². The van der Waals surface area contributed by atoms with Crippen LogP contribution in [0.2, 0.25) is 0 Å². The molecule has 0 radical (unpaired) electrons. The Balaban J connectivity index is 4.11. The first kappa shape index (κ1) is 54.1. The van der Waals surface area contributed by atoms with Crippen LogP contribution in [-0.2, 0) is 19.1 Å². The second-order valence-corrected chi connectivity index (χ2v) is 16.0. The van der Waals surface area contributed by atoms with Gasteiger partial charge in [0.2, 0.25) is 5.91 Å². The van der Waals surface area contributed by atoms with Crippen LogP contribution in [0.1, 0.15) is 232 Å². The fourth-order valence-corrected chi connectivity index (χ4v) is 6.95. The third-order valence-electron chi connectivity index (χ3n) is 10.5. The van der Waals surface area contributed by atoms with E-state index in [0.717, 1.165) is 103 Å². The van der Waals surface area contributed by atoms with Crippen molar-refractivity contribution in [1.29, 1.82) is 0 Å². The lowest BCUT2D eigenvalue weighted by Crippen LogP contribution is -2.28.